The van der Waals surface area contributed by atoms with E-state index >= 15 is 0 Å². The van der Waals surface area contributed by atoms with E-state index in [-0.39, 0.29) is 61.8 Å². The van der Waals surface area contributed by atoms with E-state index in [0.717, 1.165) is 24.0 Å². The molecule has 4 rings (SSSR count). The lowest BCUT2D eigenvalue weighted by Gasteiger charge is -2.25. The highest BCUT2D eigenvalue weighted by atomic mass is 16.5. The standard InChI is InChI=1S/C31H41N5O7/c1-6-42-24(37)13-12-23(28(40)43-7-2)36-17-20-14-18(10-11-21(20)27(36)39)8-9-19-15-22-25(32-16-19)33-30(34-26(22)38)35-29(41)31(3,4)5/h10-11,14,19,23H,6-9,12-13,15-17H2,1-5H3,(H3,32,33,34,35,38,41)/t19?,23-/m0/s1. The summed E-state index contributed by atoms with van der Waals surface area (Å²) in [5.74, 6) is -0.660. The van der Waals surface area contributed by atoms with E-state index in [9.17, 15) is 24.0 Å². The Morgan fingerprint density at radius 1 is 1.14 bits per heavy atom. The summed E-state index contributed by atoms with van der Waals surface area (Å²) in [5, 5.41) is 5.92. The topological polar surface area (TPSA) is 160 Å². The van der Waals surface area contributed by atoms with Gasteiger partial charge in [-0.15, -0.1) is 0 Å². The normalized spacial score (nSPS) is 16.5. The first-order valence-electron chi connectivity index (χ1n) is 14.8. The maximum absolute atomic E-state index is 13.2. The van der Waals surface area contributed by atoms with Crippen LogP contribution >= 0.6 is 0 Å². The lowest BCUT2D eigenvalue weighted by Crippen LogP contribution is -2.42. The maximum Gasteiger partial charge on any atom is 0.328 e. The van der Waals surface area contributed by atoms with Crippen LogP contribution in [0.25, 0.3) is 0 Å². The molecule has 1 unspecified atom stereocenters. The second-order valence-electron chi connectivity index (χ2n) is 12.0. The SMILES string of the molecule is CCOC(=O)CC[C@@H](C(=O)OCC)N1Cc2cc(CCC3CNc4nc(NC(=O)C(C)(C)C)[nH]c(=O)c4C3)ccc2C1=O. The Balaban J connectivity index is 1.39. The molecular weight excluding hydrogens is 554 g/mol. The Labute approximate surface area is 250 Å². The largest absolute Gasteiger partial charge is 0.466 e. The van der Waals surface area contributed by atoms with Crippen LogP contribution in [0.5, 0.6) is 0 Å². The quantitative estimate of drug-likeness (QED) is 0.332. The molecule has 0 saturated carbocycles. The van der Waals surface area contributed by atoms with Crippen molar-refractivity contribution in [2.24, 2.45) is 11.3 Å². The Morgan fingerprint density at radius 2 is 1.88 bits per heavy atom. The van der Waals surface area contributed by atoms with Crippen molar-refractivity contribution in [3.63, 3.8) is 0 Å². The average molecular weight is 596 g/mol. The summed E-state index contributed by atoms with van der Waals surface area (Å²) >= 11 is 0. The molecule has 12 heteroatoms. The third kappa shape index (κ3) is 7.60. The van der Waals surface area contributed by atoms with Crippen molar-refractivity contribution >= 4 is 35.5 Å². The average Bonchev–Trinajstić information content (AvgIpc) is 3.27. The van der Waals surface area contributed by atoms with Crippen molar-refractivity contribution in [3.8, 4) is 0 Å². The van der Waals surface area contributed by atoms with E-state index in [4.69, 9.17) is 9.47 Å². The number of aryl methyl sites for hydroxylation is 1. The number of rotatable bonds is 11. The number of carbonyl (C=O) groups is 4. The number of H-pyrrole nitrogens is 1. The van der Waals surface area contributed by atoms with Gasteiger partial charge in [0, 0.05) is 30.5 Å². The number of amides is 2. The predicted octanol–water partition coefficient (Wildman–Crippen LogP) is 3.20. The van der Waals surface area contributed by atoms with Gasteiger partial charge in [-0.3, -0.25) is 29.5 Å². The molecule has 2 amide bonds. The third-order valence-corrected chi connectivity index (χ3v) is 7.68. The molecule has 0 fully saturated rings. The molecule has 1 aromatic heterocycles. The van der Waals surface area contributed by atoms with Crippen LogP contribution in [0, 0.1) is 11.3 Å². The molecule has 43 heavy (non-hydrogen) atoms. The number of nitrogens with zero attached hydrogens (tertiary/aromatic N) is 2. The minimum Gasteiger partial charge on any atom is -0.466 e. The van der Waals surface area contributed by atoms with Crippen LogP contribution in [0.15, 0.2) is 23.0 Å². The number of ether oxygens (including phenoxy) is 2. The van der Waals surface area contributed by atoms with Crippen molar-refractivity contribution < 1.29 is 28.7 Å². The molecule has 0 spiro atoms. The summed E-state index contributed by atoms with van der Waals surface area (Å²) in [7, 11) is 0. The van der Waals surface area contributed by atoms with Gasteiger partial charge in [0.25, 0.3) is 11.5 Å². The van der Waals surface area contributed by atoms with E-state index in [1.54, 1.807) is 40.7 Å². The molecule has 2 aromatic rings. The summed E-state index contributed by atoms with van der Waals surface area (Å²) in [6, 6.07) is 4.82. The predicted molar refractivity (Wildman–Crippen MR) is 160 cm³/mol. The van der Waals surface area contributed by atoms with E-state index in [2.05, 4.69) is 20.6 Å². The summed E-state index contributed by atoms with van der Waals surface area (Å²) in [4.78, 5) is 71.6. The lowest BCUT2D eigenvalue weighted by atomic mass is 9.90. The van der Waals surface area contributed by atoms with E-state index < -0.39 is 23.4 Å². The number of hydrogen-bond donors (Lipinski definition) is 3. The number of hydrogen-bond acceptors (Lipinski definition) is 9. The van der Waals surface area contributed by atoms with Gasteiger partial charge in [0.05, 0.1) is 18.8 Å². The number of esters is 2. The first kappa shape index (κ1) is 31.7. The molecule has 0 aliphatic carbocycles. The molecule has 2 aliphatic heterocycles. The van der Waals surface area contributed by atoms with E-state index in [0.29, 0.717) is 29.9 Å². The van der Waals surface area contributed by atoms with Gasteiger partial charge in [-0.25, -0.2) is 4.79 Å². The van der Waals surface area contributed by atoms with Crippen molar-refractivity contribution in [3.05, 3.63) is 50.8 Å². The molecule has 3 heterocycles. The molecule has 2 atom stereocenters. The monoisotopic (exact) mass is 595 g/mol. The zero-order valence-corrected chi connectivity index (χ0v) is 25.5. The van der Waals surface area contributed by atoms with Gasteiger partial charge >= 0.3 is 11.9 Å². The number of nitrogens with one attached hydrogen (secondary N) is 3. The Morgan fingerprint density at radius 3 is 2.58 bits per heavy atom. The Hall–Kier alpha value is -4.22. The molecular formula is C31H41N5O7. The van der Waals surface area contributed by atoms with Crippen LogP contribution in [0.2, 0.25) is 0 Å². The van der Waals surface area contributed by atoms with Crippen LogP contribution < -0.4 is 16.2 Å². The van der Waals surface area contributed by atoms with Gasteiger partial charge < -0.3 is 19.7 Å². The number of carbonyl (C=O) groups excluding carboxylic acids is 4. The summed E-state index contributed by atoms with van der Waals surface area (Å²) in [5.41, 5.74) is 2.07. The first-order valence-corrected chi connectivity index (χ1v) is 14.8. The van der Waals surface area contributed by atoms with Crippen molar-refractivity contribution in [2.45, 2.75) is 79.3 Å². The van der Waals surface area contributed by atoms with Crippen LogP contribution in [0.4, 0.5) is 11.8 Å². The lowest BCUT2D eigenvalue weighted by molar-refractivity contribution is -0.150. The summed E-state index contributed by atoms with van der Waals surface area (Å²) in [6.07, 6.45) is 2.22. The van der Waals surface area contributed by atoms with Crippen molar-refractivity contribution in [1.29, 1.82) is 0 Å². The molecule has 3 N–H and O–H groups in total. The van der Waals surface area contributed by atoms with Gasteiger partial charge in [-0.05, 0) is 62.6 Å². The molecule has 232 valence electrons. The van der Waals surface area contributed by atoms with Crippen LogP contribution in [0.3, 0.4) is 0 Å². The third-order valence-electron chi connectivity index (χ3n) is 7.68. The Kier molecular flexibility index (Phi) is 9.87. The van der Waals surface area contributed by atoms with Crippen LogP contribution in [0.1, 0.15) is 80.9 Å². The second kappa shape index (κ2) is 13.4. The Bertz CT molecular complexity index is 1440. The minimum absolute atomic E-state index is 0.00642. The smallest absolute Gasteiger partial charge is 0.328 e. The highest BCUT2D eigenvalue weighted by molar-refractivity contribution is 6.00. The zero-order chi connectivity index (χ0) is 31.3. The molecule has 0 radical (unpaired) electrons. The fourth-order valence-electron chi connectivity index (χ4n) is 5.30. The molecule has 0 bridgehead atoms. The van der Waals surface area contributed by atoms with Gasteiger partial charge in [0.2, 0.25) is 11.9 Å². The van der Waals surface area contributed by atoms with Crippen molar-refractivity contribution in [1.82, 2.24) is 14.9 Å². The summed E-state index contributed by atoms with van der Waals surface area (Å²) < 4.78 is 10.2. The molecule has 0 saturated heterocycles. The second-order valence-corrected chi connectivity index (χ2v) is 12.0. The first-order chi connectivity index (χ1) is 20.4. The minimum atomic E-state index is -0.880. The van der Waals surface area contributed by atoms with Gasteiger partial charge in [0.15, 0.2) is 0 Å². The highest BCUT2D eigenvalue weighted by Crippen LogP contribution is 2.30. The van der Waals surface area contributed by atoms with Gasteiger partial charge in [-0.2, -0.15) is 4.98 Å². The van der Waals surface area contributed by atoms with Gasteiger partial charge in [0.1, 0.15) is 11.9 Å². The van der Waals surface area contributed by atoms with Crippen LogP contribution in [-0.2, 0) is 43.2 Å². The number of anilines is 2. The fourth-order valence-corrected chi connectivity index (χ4v) is 5.30. The molecule has 2 aliphatic rings. The van der Waals surface area contributed by atoms with E-state index in [1.807, 2.05) is 12.1 Å². The molecule has 1 aromatic carbocycles. The number of benzene rings is 1. The highest BCUT2D eigenvalue weighted by Gasteiger charge is 2.37. The summed E-state index contributed by atoms with van der Waals surface area (Å²) in [6.45, 7) is 10.1. The van der Waals surface area contributed by atoms with Crippen molar-refractivity contribution in [2.75, 3.05) is 30.4 Å². The number of aromatic amines is 1. The van der Waals surface area contributed by atoms with E-state index in [1.165, 1.54) is 4.90 Å². The van der Waals surface area contributed by atoms with Gasteiger partial charge in [-0.1, -0.05) is 32.9 Å². The zero-order valence-electron chi connectivity index (χ0n) is 25.5. The van der Waals surface area contributed by atoms with Crippen LogP contribution in [-0.4, -0.2) is 64.4 Å². The maximum atomic E-state index is 13.2. The fraction of sp³-hybridized carbons (Fsp3) is 0.548. The number of fused-ring (bicyclic) bond motifs is 2. The molecule has 12 nitrogen and oxygen atoms in total. The number of aromatic nitrogens is 2.